The zero-order chi connectivity index (χ0) is 11.7. The molecule has 92 valence electrons. The van der Waals surface area contributed by atoms with E-state index in [0.717, 1.165) is 6.04 Å². The lowest BCUT2D eigenvalue weighted by molar-refractivity contribution is 0.402. The maximum Gasteiger partial charge on any atom is 0.0213 e. The van der Waals surface area contributed by atoms with Gasteiger partial charge in [0.1, 0.15) is 0 Å². The fourth-order valence-electron chi connectivity index (χ4n) is 3.11. The first-order valence-corrected chi connectivity index (χ1v) is 7.58. The number of hydrogen-bond acceptors (Lipinski definition) is 1. The largest absolute Gasteiger partial charge is 0.313 e. The molecule has 1 nitrogen and oxygen atoms in total. The van der Waals surface area contributed by atoms with Crippen LogP contribution >= 0.6 is 15.9 Å². The van der Waals surface area contributed by atoms with E-state index in [-0.39, 0.29) is 0 Å². The molecule has 2 aliphatic carbocycles. The molecule has 1 aromatic rings. The molecule has 0 amide bonds. The minimum Gasteiger partial charge on any atom is -0.313 e. The predicted molar refractivity (Wildman–Crippen MR) is 75.3 cm³/mol. The van der Waals surface area contributed by atoms with Gasteiger partial charge < -0.3 is 5.32 Å². The summed E-state index contributed by atoms with van der Waals surface area (Å²) >= 11 is 3.74. The van der Waals surface area contributed by atoms with Gasteiger partial charge in [-0.3, -0.25) is 0 Å². The van der Waals surface area contributed by atoms with Crippen LogP contribution in [0.5, 0.6) is 0 Å². The molecule has 0 atom stereocenters. The maximum absolute atomic E-state index is 3.74. The van der Waals surface area contributed by atoms with Crippen molar-refractivity contribution in [3.63, 3.8) is 0 Å². The summed E-state index contributed by atoms with van der Waals surface area (Å²) in [7, 11) is 0. The zero-order valence-corrected chi connectivity index (χ0v) is 11.8. The minimum absolute atomic E-state index is 0.392. The topological polar surface area (TPSA) is 12.0 Å². The fraction of sp³-hybridized carbons (Fsp3) is 0.600. The molecule has 1 aromatic carbocycles. The van der Waals surface area contributed by atoms with Crippen molar-refractivity contribution in [1.82, 2.24) is 5.32 Å². The molecule has 0 aromatic heterocycles. The van der Waals surface area contributed by atoms with Gasteiger partial charge in [-0.15, -0.1) is 0 Å². The molecule has 2 heteroatoms. The van der Waals surface area contributed by atoms with Gasteiger partial charge in [0, 0.05) is 22.5 Å². The van der Waals surface area contributed by atoms with Crippen molar-refractivity contribution in [1.29, 1.82) is 0 Å². The first kappa shape index (κ1) is 11.7. The first-order chi connectivity index (χ1) is 8.30. The van der Waals surface area contributed by atoms with Gasteiger partial charge in [-0.05, 0) is 37.3 Å². The quantitative estimate of drug-likeness (QED) is 0.884. The summed E-state index contributed by atoms with van der Waals surface area (Å²) in [6.45, 7) is 1.17. The molecule has 0 bridgehead atoms. The monoisotopic (exact) mass is 293 g/mol. The van der Waals surface area contributed by atoms with E-state index in [2.05, 4.69) is 45.5 Å². The fourth-order valence-corrected chi connectivity index (χ4v) is 3.82. The molecule has 3 rings (SSSR count). The number of halogens is 1. The van der Waals surface area contributed by atoms with E-state index in [1.54, 1.807) is 0 Å². The summed E-state index contributed by atoms with van der Waals surface area (Å²) in [5.41, 5.74) is 1.91. The lowest BCUT2D eigenvalue weighted by Crippen LogP contribution is -2.37. The second kappa shape index (κ2) is 4.74. The lowest BCUT2D eigenvalue weighted by Gasteiger charge is -2.31. The molecule has 0 radical (unpaired) electrons. The third-order valence-electron chi connectivity index (χ3n) is 4.31. The van der Waals surface area contributed by atoms with Gasteiger partial charge in [-0.2, -0.15) is 0 Å². The molecule has 2 fully saturated rings. The number of rotatable bonds is 4. The van der Waals surface area contributed by atoms with Crippen LogP contribution in [0.25, 0.3) is 0 Å². The van der Waals surface area contributed by atoms with E-state index in [0.29, 0.717) is 5.41 Å². The smallest absolute Gasteiger partial charge is 0.0213 e. The Labute approximate surface area is 112 Å². The number of hydrogen-bond donors (Lipinski definition) is 1. The summed E-state index contributed by atoms with van der Waals surface area (Å²) in [5, 5.41) is 3.74. The van der Waals surface area contributed by atoms with Gasteiger partial charge in [0.2, 0.25) is 0 Å². The molecule has 0 spiro atoms. The van der Waals surface area contributed by atoms with Crippen LogP contribution in [-0.2, 0) is 5.41 Å². The Morgan fingerprint density at radius 2 is 1.88 bits per heavy atom. The summed E-state index contributed by atoms with van der Waals surface area (Å²) in [5.74, 6) is 0. The average molecular weight is 294 g/mol. The Morgan fingerprint density at radius 3 is 2.53 bits per heavy atom. The highest BCUT2D eigenvalue weighted by Crippen LogP contribution is 2.43. The Kier molecular flexibility index (Phi) is 3.27. The van der Waals surface area contributed by atoms with Crippen LogP contribution in [0.1, 0.15) is 44.1 Å². The summed E-state index contributed by atoms with van der Waals surface area (Å²) < 4.78 is 1.29. The second-order valence-corrected chi connectivity index (χ2v) is 6.48. The highest BCUT2D eigenvalue weighted by atomic mass is 79.9. The van der Waals surface area contributed by atoms with Crippen LogP contribution in [0.2, 0.25) is 0 Å². The Bertz CT molecular complexity index is 392. The third-order valence-corrected chi connectivity index (χ3v) is 5.00. The zero-order valence-electron chi connectivity index (χ0n) is 10.2. The molecule has 1 N–H and O–H groups in total. The van der Waals surface area contributed by atoms with Gasteiger partial charge in [0.05, 0.1) is 0 Å². The van der Waals surface area contributed by atoms with Crippen molar-refractivity contribution in [2.75, 3.05) is 6.54 Å². The Balaban J connectivity index is 1.84. The maximum atomic E-state index is 3.74. The van der Waals surface area contributed by atoms with Crippen LogP contribution in [0.4, 0.5) is 0 Å². The molecule has 2 saturated carbocycles. The van der Waals surface area contributed by atoms with Crippen molar-refractivity contribution in [3.05, 3.63) is 34.3 Å². The highest BCUT2D eigenvalue weighted by molar-refractivity contribution is 9.10. The van der Waals surface area contributed by atoms with Crippen molar-refractivity contribution < 1.29 is 0 Å². The molecule has 17 heavy (non-hydrogen) atoms. The minimum atomic E-state index is 0.392. The van der Waals surface area contributed by atoms with Gasteiger partial charge >= 0.3 is 0 Å². The first-order valence-electron chi connectivity index (χ1n) is 6.79. The summed E-state index contributed by atoms with van der Waals surface area (Å²) in [6.07, 6.45) is 8.21. The van der Waals surface area contributed by atoms with Gasteiger partial charge in [-0.1, -0.05) is 47.0 Å². The Hall–Kier alpha value is -0.340. The molecule has 0 aliphatic heterocycles. The normalized spacial score (nSPS) is 22.9. The molecule has 0 saturated heterocycles. The van der Waals surface area contributed by atoms with E-state index >= 15 is 0 Å². The van der Waals surface area contributed by atoms with Crippen LogP contribution in [0.3, 0.4) is 0 Å². The highest BCUT2D eigenvalue weighted by Gasteiger charge is 2.37. The third kappa shape index (κ3) is 2.43. The van der Waals surface area contributed by atoms with Crippen molar-refractivity contribution >= 4 is 15.9 Å². The molecule has 2 aliphatic rings. The average Bonchev–Trinajstić information content (AvgIpc) is 3.06. The lowest BCUT2D eigenvalue weighted by atomic mass is 9.79. The van der Waals surface area contributed by atoms with Gasteiger partial charge in [0.25, 0.3) is 0 Å². The predicted octanol–water partition coefficient (Wildman–Crippen LogP) is 4.01. The van der Waals surface area contributed by atoms with Crippen LogP contribution in [0, 0.1) is 0 Å². The molecule has 0 heterocycles. The van der Waals surface area contributed by atoms with E-state index in [1.165, 1.54) is 55.1 Å². The van der Waals surface area contributed by atoms with E-state index < -0.39 is 0 Å². The Morgan fingerprint density at radius 1 is 1.18 bits per heavy atom. The van der Waals surface area contributed by atoms with Crippen LogP contribution < -0.4 is 5.32 Å². The summed E-state index contributed by atoms with van der Waals surface area (Å²) in [4.78, 5) is 0. The number of benzene rings is 1. The van der Waals surface area contributed by atoms with Gasteiger partial charge in [0.15, 0.2) is 0 Å². The number of nitrogens with one attached hydrogen (secondary N) is 1. The second-order valence-electron chi connectivity index (χ2n) is 5.62. The van der Waals surface area contributed by atoms with Crippen molar-refractivity contribution in [3.8, 4) is 0 Å². The molecular formula is C15H20BrN. The molecular weight excluding hydrogens is 274 g/mol. The van der Waals surface area contributed by atoms with Gasteiger partial charge in [-0.25, -0.2) is 0 Å². The van der Waals surface area contributed by atoms with Crippen LogP contribution in [-0.4, -0.2) is 12.6 Å². The van der Waals surface area contributed by atoms with Crippen molar-refractivity contribution in [2.24, 2.45) is 0 Å². The van der Waals surface area contributed by atoms with Crippen molar-refractivity contribution in [2.45, 2.75) is 50.0 Å². The van der Waals surface area contributed by atoms with E-state index in [9.17, 15) is 0 Å². The molecule has 0 unspecified atom stereocenters. The van der Waals surface area contributed by atoms with E-state index in [1.807, 2.05) is 0 Å². The standard InChI is InChI=1S/C15H20BrN/c16-14-6-2-1-5-13(14)15(9-3-4-10-15)11-17-12-7-8-12/h1-2,5-6,12,17H,3-4,7-11H2. The van der Waals surface area contributed by atoms with E-state index in [4.69, 9.17) is 0 Å². The SMILES string of the molecule is Brc1ccccc1C1(CNC2CC2)CCCC1. The summed E-state index contributed by atoms with van der Waals surface area (Å²) in [6, 6.07) is 9.60. The van der Waals surface area contributed by atoms with Crippen LogP contribution in [0.15, 0.2) is 28.7 Å².